The van der Waals surface area contributed by atoms with Crippen LogP contribution in [0, 0.1) is 0 Å². The Labute approximate surface area is 100 Å². The highest BCUT2D eigenvalue weighted by atomic mass is 16.5. The summed E-state index contributed by atoms with van der Waals surface area (Å²) in [5.41, 5.74) is 7.33. The minimum absolute atomic E-state index is 0.417. The molecule has 2 rings (SSSR count). The van der Waals surface area contributed by atoms with E-state index < -0.39 is 0 Å². The Balaban J connectivity index is 2.34. The predicted octanol–water partition coefficient (Wildman–Crippen LogP) is 2.00. The molecule has 1 aromatic heterocycles. The van der Waals surface area contributed by atoms with E-state index in [9.17, 15) is 0 Å². The Kier molecular flexibility index (Phi) is 3.67. The van der Waals surface area contributed by atoms with Gasteiger partial charge in [0.1, 0.15) is 5.75 Å². The molecule has 0 unspecified atom stereocenters. The normalized spacial score (nSPS) is 10.2. The summed E-state index contributed by atoms with van der Waals surface area (Å²) in [5.74, 6) is 1.50. The molecule has 0 bridgehead atoms. The van der Waals surface area contributed by atoms with Gasteiger partial charge in [0.25, 0.3) is 0 Å². The van der Waals surface area contributed by atoms with Crippen LogP contribution in [0.15, 0.2) is 36.5 Å². The van der Waals surface area contributed by atoms with Crippen molar-refractivity contribution in [3.8, 4) is 17.1 Å². The molecular weight excluding hydrogens is 214 g/mol. The summed E-state index contributed by atoms with van der Waals surface area (Å²) >= 11 is 0. The van der Waals surface area contributed by atoms with Gasteiger partial charge in [-0.25, -0.2) is 9.97 Å². The van der Waals surface area contributed by atoms with Crippen LogP contribution in [-0.4, -0.2) is 16.6 Å². The zero-order valence-electron chi connectivity index (χ0n) is 9.76. The van der Waals surface area contributed by atoms with Crippen molar-refractivity contribution >= 4 is 0 Å². The SMILES string of the molecule is CCOc1cccc(-c2nccc(CN)n2)c1. The third kappa shape index (κ3) is 2.79. The van der Waals surface area contributed by atoms with Gasteiger partial charge in [-0.2, -0.15) is 0 Å². The lowest BCUT2D eigenvalue weighted by Gasteiger charge is -2.05. The van der Waals surface area contributed by atoms with Crippen LogP contribution in [0.1, 0.15) is 12.6 Å². The number of ether oxygens (including phenoxy) is 1. The molecular formula is C13H15N3O. The van der Waals surface area contributed by atoms with E-state index in [1.807, 2.05) is 37.3 Å². The molecule has 0 saturated heterocycles. The average Bonchev–Trinajstić information content (AvgIpc) is 2.40. The summed E-state index contributed by atoms with van der Waals surface area (Å²) in [6, 6.07) is 9.55. The van der Waals surface area contributed by atoms with Crippen LogP contribution < -0.4 is 10.5 Å². The van der Waals surface area contributed by atoms with Gasteiger partial charge >= 0.3 is 0 Å². The minimum Gasteiger partial charge on any atom is -0.494 e. The van der Waals surface area contributed by atoms with E-state index in [4.69, 9.17) is 10.5 Å². The van der Waals surface area contributed by atoms with Crippen molar-refractivity contribution in [2.24, 2.45) is 5.73 Å². The van der Waals surface area contributed by atoms with Crippen molar-refractivity contribution in [3.05, 3.63) is 42.2 Å². The number of rotatable bonds is 4. The third-order valence-corrected chi connectivity index (χ3v) is 2.33. The zero-order chi connectivity index (χ0) is 12.1. The molecule has 0 radical (unpaired) electrons. The van der Waals surface area contributed by atoms with Gasteiger partial charge in [0.2, 0.25) is 0 Å². The fourth-order valence-corrected chi connectivity index (χ4v) is 1.54. The number of nitrogens with two attached hydrogens (primary N) is 1. The molecule has 1 aromatic carbocycles. The second kappa shape index (κ2) is 5.41. The Bertz CT molecular complexity index is 500. The van der Waals surface area contributed by atoms with Crippen molar-refractivity contribution in [1.82, 2.24) is 9.97 Å². The first-order valence-corrected chi connectivity index (χ1v) is 5.58. The Morgan fingerprint density at radius 2 is 2.18 bits per heavy atom. The lowest BCUT2D eigenvalue weighted by atomic mass is 10.2. The monoisotopic (exact) mass is 229 g/mol. The third-order valence-electron chi connectivity index (χ3n) is 2.33. The second-order valence-electron chi connectivity index (χ2n) is 3.54. The maximum Gasteiger partial charge on any atom is 0.159 e. The molecule has 4 nitrogen and oxygen atoms in total. The Hall–Kier alpha value is -1.94. The van der Waals surface area contributed by atoms with E-state index in [2.05, 4.69) is 9.97 Å². The van der Waals surface area contributed by atoms with Crippen molar-refractivity contribution in [3.63, 3.8) is 0 Å². The molecule has 0 aliphatic rings. The highest BCUT2D eigenvalue weighted by molar-refractivity contribution is 5.57. The van der Waals surface area contributed by atoms with Crippen molar-refractivity contribution in [2.45, 2.75) is 13.5 Å². The summed E-state index contributed by atoms with van der Waals surface area (Å²) in [6.07, 6.45) is 1.72. The van der Waals surface area contributed by atoms with Gasteiger partial charge in [-0.3, -0.25) is 0 Å². The van der Waals surface area contributed by atoms with Crippen LogP contribution in [-0.2, 0) is 6.54 Å². The summed E-state index contributed by atoms with van der Waals surface area (Å²) in [7, 11) is 0. The van der Waals surface area contributed by atoms with E-state index in [-0.39, 0.29) is 0 Å². The van der Waals surface area contributed by atoms with E-state index in [1.54, 1.807) is 6.20 Å². The topological polar surface area (TPSA) is 61.0 Å². The van der Waals surface area contributed by atoms with Gasteiger partial charge in [0, 0.05) is 18.3 Å². The highest BCUT2D eigenvalue weighted by Crippen LogP contribution is 2.20. The van der Waals surface area contributed by atoms with Gasteiger partial charge in [-0.1, -0.05) is 12.1 Å². The fourth-order valence-electron chi connectivity index (χ4n) is 1.54. The maximum atomic E-state index is 5.56. The van der Waals surface area contributed by atoms with E-state index >= 15 is 0 Å². The highest BCUT2D eigenvalue weighted by Gasteiger charge is 2.03. The smallest absolute Gasteiger partial charge is 0.159 e. The molecule has 0 spiro atoms. The number of benzene rings is 1. The summed E-state index contributed by atoms with van der Waals surface area (Å²) in [4.78, 5) is 8.61. The molecule has 2 aromatic rings. The standard InChI is InChI=1S/C13H15N3O/c1-2-17-12-5-3-4-10(8-12)13-15-7-6-11(9-14)16-13/h3-8H,2,9,14H2,1H3. The van der Waals surface area contributed by atoms with Crippen molar-refractivity contribution in [2.75, 3.05) is 6.61 Å². The molecule has 0 amide bonds. The van der Waals surface area contributed by atoms with Gasteiger partial charge in [-0.05, 0) is 25.1 Å². The minimum atomic E-state index is 0.417. The number of nitrogens with zero attached hydrogens (tertiary/aromatic N) is 2. The Morgan fingerprint density at radius 3 is 2.94 bits per heavy atom. The van der Waals surface area contributed by atoms with E-state index in [0.717, 1.165) is 17.0 Å². The second-order valence-corrected chi connectivity index (χ2v) is 3.54. The first-order chi connectivity index (χ1) is 8.33. The van der Waals surface area contributed by atoms with Crippen LogP contribution in [0.3, 0.4) is 0 Å². The molecule has 0 aliphatic carbocycles. The lowest BCUT2D eigenvalue weighted by molar-refractivity contribution is 0.340. The largest absolute Gasteiger partial charge is 0.494 e. The van der Waals surface area contributed by atoms with Gasteiger partial charge in [0.05, 0.1) is 12.3 Å². The summed E-state index contributed by atoms with van der Waals surface area (Å²) in [5, 5.41) is 0. The first kappa shape index (κ1) is 11.5. The molecule has 0 aliphatic heterocycles. The first-order valence-electron chi connectivity index (χ1n) is 5.58. The molecule has 0 fully saturated rings. The number of aromatic nitrogens is 2. The Morgan fingerprint density at radius 1 is 1.29 bits per heavy atom. The molecule has 2 N–H and O–H groups in total. The zero-order valence-corrected chi connectivity index (χ0v) is 9.76. The molecule has 0 saturated carbocycles. The van der Waals surface area contributed by atoms with E-state index in [0.29, 0.717) is 19.0 Å². The average molecular weight is 229 g/mol. The predicted molar refractivity (Wildman–Crippen MR) is 66.5 cm³/mol. The number of hydrogen-bond acceptors (Lipinski definition) is 4. The van der Waals surface area contributed by atoms with E-state index in [1.165, 1.54) is 0 Å². The van der Waals surface area contributed by atoms with Crippen LogP contribution in [0.5, 0.6) is 5.75 Å². The van der Waals surface area contributed by atoms with Crippen LogP contribution in [0.25, 0.3) is 11.4 Å². The molecule has 88 valence electrons. The van der Waals surface area contributed by atoms with Crippen LogP contribution in [0.4, 0.5) is 0 Å². The van der Waals surface area contributed by atoms with Crippen LogP contribution >= 0.6 is 0 Å². The molecule has 1 heterocycles. The summed E-state index contributed by atoms with van der Waals surface area (Å²) < 4.78 is 5.44. The van der Waals surface area contributed by atoms with Crippen LogP contribution in [0.2, 0.25) is 0 Å². The van der Waals surface area contributed by atoms with Crippen molar-refractivity contribution in [1.29, 1.82) is 0 Å². The number of hydrogen-bond donors (Lipinski definition) is 1. The molecule has 17 heavy (non-hydrogen) atoms. The fraction of sp³-hybridized carbons (Fsp3) is 0.231. The van der Waals surface area contributed by atoms with Crippen molar-refractivity contribution < 1.29 is 4.74 Å². The quantitative estimate of drug-likeness (QED) is 0.871. The van der Waals surface area contributed by atoms with Gasteiger partial charge < -0.3 is 10.5 Å². The van der Waals surface area contributed by atoms with Gasteiger partial charge in [0.15, 0.2) is 5.82 Å². The lowest BCUT2D eigenvalue weighted by Crippen LogP contribution is -2.01. The maximum absolute atomic E-state index is 5.56. The summed E-state index contributed by atoms with van der Waals surface area (Å²) in [6.45, 7) is 3.02. The molecule has 0 atom stereocenters. The van der Waals surface area contributed by atoms with Gasteiger partial charge in [-0.15, -0.1) is 0 Å². The molecule has 4 heteroatoms.